The number of morpholine rings is 1. The van der Waals surface area contributed by atoms with Crippen LogP contribution in [-0.2, 0) is 23.1 Å². The Labute approximate surface area is 180 Å². The second-order valence-corrected chi connectivity index (χ2v) is 8.46. The van der Waals surface area contributed by atoms with Gasteiger partial charge in [-0.25, -0.2) is 4.39 Å². The Morgan fingerprint density at radius 2 is 1.90 bits per heavy atom. The lowest BCUT2D eigenvalue weighted by atomic mass is 9.88. The number of aromatic nitrogens is 2. The van der Waals surface area contributed by atoms with E-state index in [9.17, 15) is 14.0 Å². The molecule has 1 aromatic carbocycles. The molecule has 2 aromatic rings. The first-order valence-electron chi connectivity index (χ1n) is 10.5. The van der Waals surface area contributed by atoms with E-state index in [1.54, 1.807) is 36.1 Å². The van der Waals surface area contributed by atoms with Crippen molar-refractivity contribution >= 4 is 11.8 Å². The summed E-state index contributed by atoms with van der Waals surface area (Å²) in [5.74, 6) is -0.515. The number of likely N-dealkylation sites (N-methyl/N-ethyl adjacent to an activating group) is 1. The van der Waals surface area contributed by atoms with Crippen molar-refractivity contribution in [2.75, 3.05) is 33.2 Å². The maximum absolute atomic E-state index is 13.1. The van der Waals surface area contributed by atoms with E-state index in [-0.39, 0.29) is 17.6 Å². The van der Waals surface area contributed by atoms with Gasteiger partial charge in [0.05, 0.1) is 5.60 Å². The SMILES string of the molecule is CN1C[C@@H](C(=O)NCc2ccc(F)cc2)OC2(CCN(C(=O)c3ccnn3C)CC2)C1. The Hall–Kier alpha value is -2.78. The van der Waals surface area contributed by atoms with Crippen molar-refractivity contribution in [1.29, 1.82) is 0 Å². The second kappa shape index (κ2) is 8.76. The average molecular weight is 429 g/mol. The zero-order valence-electron chi connectivity index (χ0n) is 17.9. The molecule has 0 saturated carbocycles. The minimum Gasteiger partial charge on any atom is -0.359 e. The van der Waals surface area contributed by atoms with Gasteiger partial charge in [-0.2, -0.15) is 5.10 Å². The number of piperidine rings is 1. The van der Waals surface area contributed by atoms with Crippen molar-refractivity contribution in [2.45, 2.75) is 31.1 Å². The lowest BCUT2D eigenvalue weighted by molar-refractivity contribution is -0.180. The minimum absolute atomic E-state index is 0.0346. The highest BCUT2D eigenvalue weighted by molar-refractivity contribution is 5.92. The molecule has 1 atom stereocenters. The molecule has 0 radical (unpaired) electrons. The fourth-order valence-electron chi connectivity index (χ4n) is 4.40. The maximum Gasteiger partial charge on any atom is 0.272 e. The zero-order valence-corrected chi connectivity index (χ0v) is 17.9. The van der Waals surface area contributed by atoms with Crippen LogP contribution >= 0.6 is 0 Å². The maximum atomic E-state index is 13.1. The number of benzene rings is 1. The summed E-state index contributed by atoms with van der Waals surface area (Å²) in [4.78, 5) is 29.5. The number of ether oxygens (including phenoxy) is 1. The van der Waals surface area contributed by atoms with Gasteiger partial charge in [-0.05, 0) is 43.7 Å². The third-order valence-corrected chi connectivity index (χ3v) is 6.10. The van der Waals surface area contributed by atoms with Crippen LogP contribution in [0.2, 0.25) is 0 Å². The standard InChI is InChI=1S/C22H28FN5O3/c1-26-14-19(20(29)24-13-16-3-5-17(23)6-4-16)31-22(15-26)8-11-28(12-9-22)21(30)18-7-10-25-27(18)2/h3-7,10,19H,8-9,11-15H2,1-2H3,(H,24,29)/t19-/m0/s1. The number of nitrogens with one attached hydrogen (secondary N) is 1. The Bertz CT molecular complexity index is 937. The summed E-state index contributed by atoms with van der Waals surface area (Å²) in [5, 5.41) is 6.97. The van der Waals surface area contributed by atoms with Crippen LogP contribution in [0, 0.1) is 5.82 Å². The number of carbonyl (C=O) groups excluding carboxylic acids is 2. The lowest BCUT2D eigenvalue weighted by Crippen LogP contribution is -2.61. The highest BCUT2D eigenvalue weighted by atomic mass is 19.1. The van der Waals surface area contributed by atoms with Gasteiger partial charge in [-0.1, -0.05) is 12.1 Å². The number of aryl methyl sites for hydroxylation is 1. The van der Waals surface area contributed by atoms with Gasteiger partial charge in [-0.3, -0.25) is 14.3 Å². The number of halogens is 1. The number of hydrogen-bond donors (Lipinski definition) is 1. The summed E-state index contributed by atoms with van der Waals surface area (Å²) >= 11 is 0. The molecule has 0 unspecified atom stereocenters. The minimum atomic E-state index is -0.585. The molecule has 1 aromatic heterocycles. The summed E-state index contributed by atoms with van der Waals surface area (Å²) in [6.45, 7) is 2.70. The molecule has 0 bridgehead atoms. The highest BCUT2D eigenvalue weighted by Crippen LogP contribution is 2.32. The van der Waals surface area contributed by atoms with Crippen molar-refractivity contribution in [3.8, 4) is 0 Å². The molecule has 31 heavy (non-hydrogen) atoms. The average Bonchev–Trinajstić information content (AvgIpc) is 3.18. The molecule has 9 heteroatoms. The molecule has 2 aliphatic heterocycles. The van der Waals surface area contributed by atoms with E-state index in [0.717, 1.165) is 12.1 Å². The number of likely N-dealkylation sites (tertiary alicyclic amines) is 1. The highest BCUT2D eigenvalue weighted by Gasteiger charge is 2.44. The zero-order chi connectivity index (χ0) is 22.0. The van der Waals surface area contributed by atoms with E-state index in [1.165, 1.54) is 12.1 Å². The van der Waals surface area contributed by atoms with E-state index >= 15 is 0 Å². The van der Waals surface area contributed by atoms with Crippen LogP contribution < -0.4 is 5.32 Å². The molecule has 1 spiro atoms. The summed E-state index contributed by atoms with van der Waals surface area (Å²) in [7, 11) is 3.74. The molecular formula is C22H28FN5O3. The van der Waals surface area contributed by atoms with E-state index in [0.29, 0.717) is 44.7 Å². The van der Waals surface area contributed by atoms with Gasteiger partial charge < -0.3 is 19.9 Å². The largest absolute Gasteiger partial charge is 0.359 e. The Morgan fingerprint density at radius 1 is 1.19 bits per heavy atom. The van der Waals surface area contributed by atoms with Crippen LogP contribution in [0.5, 0.6) is 0 Å². The number of hydrogen-bond acceptors (Lipinski definition) is 5. The molecule has 3 heterocycles. The predicted octanol–water partition coefficient (Wildman–Crippen LogP) is 1.18. The number of nitrogens with zero attached hydrogens (tertiary/aromatic N) is 4. The topological polar surface area (TPSA) is 79.7 Å². The van der Waals surface area contributed by atoms with Gasteiger partial charge in [0, 0.05) is 46.0 Å². The third-order valence-electron chi connectivity index (χ3n) is 6.10. The van der Waals surface area contributed by atoms with E-state index in [4.69, 9.17) is 4.74 Å². The molecule has 2 fully saturated rings. The predicted molar refractivity (Wildman–Crippen MR) is 112 cm³/mol. The van der Waals surface area contributed by atoms with Gasteiger partial charge in [-0.15, -0.1) is 0 Å². The van der Waals surface area contributed by atoms with Gasteiger partial charge in [0.25, 0.3) is 11.8 Å². The van der Waals surface area contributed by atoms with Crippen LogP contribution in [0.4, 0.5) is 4.39 Å². The molecule has 2 aliphatic rings. The number of carbonyl (C=O) groups is 2. The molecule has 2 amide bonds. The Morgan fingerprint density at radius 3 is 2.55 bits per heavy atom. The van der Waals surface area contributed by atoms with Crippen molar-refractivity contribution in [3.63, 3.8) is 0 Å². The third kappa shape index (κ3) is 4.77. The lowest BCUT2D eigenvalue weighted by Gasteiger charge is -2.48. The fourth-order valence-corrected chi connectivity index (χ4v) is 4.40. The monoisotopic (exact) mass is 429 g/mol. The molecule has 166 valence electrons. The van der Waals surface area contributed by atoms with E-state index in [1.807, 2.05) is 11.9 Å². The van der Waals surface area contributed by atoms with Gasteiger partial charge >= 0.3 is 0 Å². The normalized spacial score (nSPS) is 21.3. The van der Waals surface area contributed by atoms with Gasteiger partial charge in [0.1, 0.15) is 17.6 Å². The Balaban J connectivity index is 1.35. The van der Waals surface area contributed by atoms with Crippen molar-refractivity contribution in [2.24, 2.45) is 7.05 Å². The van der Waals surface area contributed by atoms with Crippen LogP contribution in [-0.4, -0.2) is 76.3 Å². The smallest absolute Gasteiger partial charge is 0.272 e. The number of rotatable bonds is 4. The van der Waals surface area contributed by atoms with E-state index < -0.39 is 11.7 Å². The second-order valence-electron chi connectivity index (χ2n) is 8.46. The quantitative estimate of drug-likeness (QED) is 0.790. The molecule has 8 nitrogen and oxygen atoms in total. The van der Waals surface area contributed by atoms with Crippen molar-refractivity contribution < 1.29 is 18.7 Å². The van der Waals surface area contributed by atoms with Crippen molar-refractivity contribution in [1.82, 2.24) is 24.9 Å². The van der Waals surface area contributed by atoms with Gasteiger partial charge in [0.2, 0.25) is 0 Å². The van der Waals surface area contributed by atoms with Gasteiger partial charge in [0.15, 0.2) is 0 Å². The first-order valence-corrected chi connectivity index (χ1v) is 10.5. The summed E-state index contributed by atoms with van der Waals surface area (Å²) in [6, 6.07) is 7.78. The summed E-state index contributed by atoms with van der Waals surface area (Å²) < 4.78 is 21.0. The Kier molecular flexibility index (Phi) is 6.06. The van der Waals surface area contributed by atoms with Crippen LogP contribution in [0.15, 0.2) is 36.5 Å². The molecular weight excluding hydrogens is 401 g/mol. The first kappa shape index (κ1) is 21.5. The fraction of sp³-hybridized carbons (Fsp3) is 0.500. The van der Waals surface area contributed by atoms with Crippen molar-refractivity contribution in [3.05, 3.63) is 53.6 Å². The molecule has 1 N–H and O–H groups in total. The summed E-state index contributed by atoms with van der Waals surface area (Å²) in [6.07, 6.45) is 2.37. The van der Waals surface area contributed by atoms with Crippen LogP contribution in [0.25, 0.3) is 0 Å². The number of amides is 2. The molecule has 2 saturated heterocycles. The van der Waals surface area contributed by atoms with E-state index in [2.05, 4.69) is 15.3 Å². The van der Waals surface area contributed by atoms with Crippen LogP contribution in [0.3, 0.4) is 0 Å². The molecule has 0 aliphatic carbocycles. The summed E-state index contributed by atoms with van der Waals surface area (Å²) in [5.41, 5.74) is 0.944. The first-order chi connectivity index (χ1) is 14.8. The molecule has 4 rings (SSSR count). The van der Waals surface area contributed by atoms with Crippen LogP contribution in [0.1, 0.15) is 28.9 Å².